The molecule has 1 aromatic carbocycles. The predicted molar refractivity (Wildman–Crippen MR) is 156 cm³/mol. The maximum atomic E-state index is 13.2. The van der Waals surface area contributed by atoms with Crippen molar-refractivity contribution in [2.24, 2.45) is 0 Å². The Hall–Kier alpha value is -3.02. The molecule has 2 atom stereocenters. The van der Waals surface area contributed by atoms with Crippen LogP contribution >= 0.6 is 34.5 Å². The molecule has 3 aromatic heterocycles. The quantitative estimate of drug-likeness (QED) is 0.259. The maximum Gasteiger partial charge on any atom is 0.258 e. The van der Waals surface area contributed by atoms with E-state index in [1.165, 1.54) is 24.8 Å². The van der Waals surface area contributed by atoms with Crippen molar-refractivity contribution in [2.45, 2.75) is 39.5 Å². The number of fused-ring (bicyclic) bond motifs is 1. The number of halogens is 2. The van der Waals surface area contributed by atoms with E-state index < -0.39 is 5.91 Å². The topological polar surface area (TPSA) is 102 Å². The molecular formula is C27H28Cl2N6O3S. The van der Waals surface area contributed by atoms with Crippen LogP contribution in [0.4, 0.5) is 17.3 Å². The molecule has 4 aromatic rings. The Morgan fingerprint density at radius 1 is 1.18 bits per heavy atom. The number of hydrogen-bond acceptors (Lipinski definition) is 9. The molecule has 204 valence electrons. The van der Waals surface area contributed by atoms with Gasteiger partial charge in [0.15, 0.2) is 5.82 Å². The lowest BCUT2D eigenvalue weighted by atomic mass is 10.2. The number of methoxy groups -OCH3 is 1. The van der Waals surface area contributed by atoms with Crippen molar-refractivity contribution in [3.8, 4) is 5.75 Å². The highest BCUT2D eigenvalue weighted by Gasteiger charge is 2.23. The third-order valence-electron chi connectivity index (χ3n) is 6.38. The highest BCUT2D eigenvalue weighted by molar-refractivity contribution is 7.18. The molecule has 9 nitrogen and oxygen atoms in total. The Labute approximate surface area is 240 Å². The first-order chi connectivity index (χ1) is 18.7. The van der Waals surface area contributed by atoms with Gasteiger partial charge in [-0.3, -0.25) is 9.69 Å². The lowest BCUT2D eigenvalue weighted by Crippen LogP contribution is -2.44. The molecule has 39 heavy (non-hydrogen) atoms. The van der Waals surface area contributed by atoms with Crippen LogP contribution in [0.5, 0.6) is 5.75 Å². The van der Waals surface area contributed by atoms with Gasteiger partial charge < -0.3 is 20.1 Å². The molecule has 1 fully saturated rings. The third kappa shape index (κ3) is 5.95. The fraction of sp³-hybridized carbons (Fsp3) is 0.333. The smallest absolute Gasteiger partial charge is 0.258 e. The first kappa shape index (κ1) is 27.5. The summed E-state index contributed by atoms with van der Waals surface area (Å²) >= 11 is 14.2. The van der Waals surface area contributed by atoms with Gasteiger partial charge in [0.25, 0.3) is 5.91 Å². The standard InChI is InChI=1S/C27H28Cl2N6O3S/c1-14-7-19(37-4)22(29)24(21(14)28)34-27(36)18-12-39-25-23(18)31-13-32-26(25)33-20-6-5-17(8-30-20)11-35-9-15(2)38-16(3)10-35/h5-8,12-13,15-16H,9-11H2,1-4H3,(H,34,36)(H,30,31,32,33). The van der Waals surface area contributed by atoms with Crippen molar-refractivity contribution >= 4 is 68.0 Å². The van der Waals surface area contributed by atoms with E-state index in [1.54, 1.807) is 11.4 Å². The van der Waals surface area contributed by atoms with Gasteiger partial charge in [-0.25, -0.2) is 15.0 Å². The Morgan fingerprint density at radius 2 is 1.95 bits per heavy atom. The number of ether oxygens (including phenoxy) is 2. The molecule has 12 heteroatoms. The zero-order valence-corrected chi connectivity index (χ0v) is 24.2. The second-order valence-electron chi connectivity index (χ2n) is 9.53. The van der Waals surface area contributed by atoms with E-state index in [9.17, 15) is 4.79 Å². The van der Waals surface area contributed by atoms with Crippen molar-refractivity contribution in [3.63, 3.8) is 0 Å². The molecule has 2 unspecified atom stereocenters. The van der Waals surface area contributed by atoms with Crippen LogP contribution in [0.3, 0.4) is 0 Å². The monoisotopic (exact) mass is 586 g/mol. The lowest BCUT2D eigenvalue weighted by molar-refractivity contribution is -0.0705. The number of nitrogens with one attached hydrogen (secondary N) is 2. The van der Waals surface area contributed by atoms with Crippen LogP contribution in [-0.4, -0.2) is 58.2 Å². The van der Waals surface area contributed by atoms with Gasteiger partial charge in [-0.2, -0.15) is 0 Å². The first-order valence-corrected chi connectivity index (χ1v) is 14.0. The molecule has 1 amide bonds. The summed E-state index contributed by atoms with van der Waals surface area (Å²) in [5.74, 6) is 1.24. The van der Waals surface area contributed by atoms with Crippen molar-refractivity contribution in [1.29, 1.82) is 0 Å². The fourth-order valence-electron chi connectivity index (χ4n) is 4.67. The van der Waals surface area contributed by atoms with E-state index in [4.69, 9.17) is 32.7 Å². The average molecular weight is 588 g/mol. The molecule has 0 saturated carbocycles. The predicted octanol–water partition coefficient (Wildman–Crippen LogP) is 6.32. The molecule has 4 heterocycles. The molecule has 0 spiro atoms. The summed E-state index contributed by atoms with van der Waals surface area (Å²) < 4.78 is 11.9. The number of aryl methyl sites for hydroxylation is 1. The van der Waals surface area contributed by atoms with Crippen LogP contribution in [0.2, 0.25) is 10.0 Å². The summed E-state index contributed by atoms with van der Waals surface area (Å²) in [6.45, 7) is 8.61. The van der Waals surface area contributed by atoms with E-state index in [0.717, 1.165) is 35.5 Å². The molecule has 0 bridgehead atoms. The van der Waals surface area contributed by atoms with Crippen LogP contribution < -0.4 is 15.4 Å². The molecule has 0 aliphatic carbocycles. The van der Waals surface area contributed by atoms with E-state index in [-0.39, 0.29) is 22.9 Å². The number of amides is 1. The van der Waals surface area contributed by atoms with Gasteiger partial charge in [-0.15, -0.1) is 11.3 Å². The second-order valence-corrected chi connectivity index (χ2v) is 11.2. The Morgan fingerprint density at radius 3 is 2.64 bits per heavy atom. The van der Waals surface area contributed by atoms with Gasteiger partial charge in [0.1, 0.15) is 22.9 Å². The second kappa shape index (κ2) is 11.6. The highest BCUT2D eigenvalue weighted by Crippen LogP contribution is 2.41. The van der Waals surface area contributed by atoms with E-state index in [0.29, 0.717) is 33.5 Å². The summed E-state index contributed by atoms with van der Waals surface area (Å²) in [5, 5.41) is 8.38. The van der Waals surface area contributed by atoms with Crippen molar-refractivity contribution < 1.29 is 14.3 Å². The van der Waals surface area contributed by atoms with Crippen LogP contribution in [-0.2, 0) is 11.3 Å². The van der Waals surface area contributed by atoms with Crippen molar-refractivity contribution in [1.82, 2.24) is 19.9 Å². The minimum Gasteiger partial charge on any atom is -0.495 e. The SMILES string of the molecule is COc1cc(C)c(Cl)c(NC(=O)c2csc3c(Nc4ccc(CN5CC(C)OC(C)C5)cn4)ncnc23)c1Cl. The number of benzene rings is 1. The van der Waals surface area contributed by atoms with Crippen LogP contribution in [0.15, 0.2) is 36.1 Å². The Bertz CT molecular complexity index is 1500. The zero-order chi connectivity index (χ0) is 27.7. The normalized spacial score (nSPS) is 17.8. The lowest BCUT2D eigenvalue weighted by Gasteiger charge is -2.35. The molecule has 1 saturated heterocycles. The number of morpholine rings is 1. The fourth-order valence-corrected chi connectivity index (χ4v) is 6.13. The number of rotatable bonds is 7. The van der Waals surface area contributed by atoms with Crippen molar-refractivity contribution in [3.05, 3.63) is 62.8 Å². The Balaban J connectivity index is 1.33. The van der Waals surface area contributed by atoms with E-state index in [1.807, 2.05) is 19.2 Å². The van der Waals surface area contributed by atoms with E-state index >= 15 is 0 Å². The summed E-state index contributed by atoms with van der Waals surface area (Å²) in [4.78, 5) is 29.0. The Kier molecular flexibility index (Phi) is 8.20. The highest BCUT2D eigenvalue weighted by atomic mass is 35.5. The minimum atomic E-state index is -0.392. The molecular weight excluding hydrogens is 559 g/mol. The first-order valence-electron chi connectivity index (χ1n) is 12.4. The minimum absolute atomic E-state index is 0.217. The van der Waals surface area contributed by atoms with Gasteiger partial charge >= 0.3 is 0 Å². The number of carbonyl (C=O) groups is 1. The summed E-state index contributed by atoms with van der Waals surface area (Å²) in [5.41, 5.74) is 3.02. The number of thiophene rings is 1. The van der Waals surface area contributed by atoms with Crippen molar-refractivity contribution in [2.75, 3.05) is 30.8 Å². The van der Waals surface area contributed by atoms with E-state index in [2.05, 4.69) is 50.4 Å². The molecule has 2 N–H and O–H groups in total. The number of pyridine rings is 1. The number of nitrogens with zero attached hydrogens (tertiary/aromatic N) is 4. The largest absolute Gasteiger partial charge is 0.495 e. The molecule has 0 radical (unpaired) electrons. The van der Waals surface area contributed by atoms with Crippen LogP contribution in [0.1, 0.15) is 35.3 Å². The van der Waals surface area contributed by atoms with Gasteiger partial charge in [0, 0.05) is 31.2 Å². The summed E-state index contributed by atoms with van der Waals surface area (Å²) in [6, 6.07) is 5.69. The number of aromatic nitrogens is 3. The molecule has 5 rings (SSSR count). The summed E-state index contributed by atoms with van der Waals surface area (Å²) in [7, 11) is 1.51. The third-order valence-corrected chi connectivity index (χ3v) is 8.22. The number of hydrogen-bond donors (Lipinski definition) is 2. The summed E-state index contributed by atoms with van der Waals surface area (Å²) in [6.07, 6.45) is 3.71. The van der Waals surface area contributed by atoms with Gasteiger partial charge in [0.2, 0.25) is 0 Å². The van der Waals surface area contributed by atoms with Gasteiger partial charge in [-0.1, -0.05) is 29.3 Å². The molecule has 1 aliphatic rings. The number of anilines is 3. The van der Waals surface area contributed by atoms with Crippen LogP contribution in [0.25, 0.3) is 10.2 Å². The van der Waals surface area contributed by atoms with Gasteiger partial charge in [-0.05, 0) is 44.0 Å². The van der Waals surface area contributed by atoms with Gasteiger partial charge in [0.05, 0.1) is 45.8 Å². The van der Waals surface area contributed by atoms with Crippen LogP contribution in [0, 0.1) is 6.92 Å². The average Bonchev–Trinajstić information content (AvgIpc) is 3.34. The zero-order valence-electron chi connectivity index (χ0n) is 21.9. The number of carbonyl (C=O) groups excluding carboxylic acids is 1. The maximum absolute atomic E-state index is 13.2. The molecule has 1 aliphatic heterocycles.